The molecule has 0 saturated heterocycles. The minimum Gasteiger partial charge on any atom is -0.294 e. The van der Waals surface area contributed by atoms with Crippen LogP contribution in [0.5, 0.6) is 0 Å². The first-order valence-corrected chi connectivity index (χ1v) is 4.81. The summed E-state index contributed by atoms with van der Waals surface area (Å²) < 4.78 is 0. The van der Waals surface area contributed by atoms with E-state index in [0.29, 0.717) is 17.6 Å². The molecule has 0 bridgehead atoms. The fraction of sp³-hybridized carbons (Fsp3) is 0.417. The topological polar surface area (TPSA) is 17.1 Å². The largest absolute Gasteiger partial charge is 0.294 e. The van der Waals surface area contributed by atoms with E-state index in [1.54, 1.807) is 0 Å². The van der Waals surface area contributed by atoms with E-state index in [2.05, 4.69) is 13.8 Å². The molecular weight excluding hydrogens is 160 g/mol. The minimum absolute atomic E-state index is 0.280. The molecule has 1 heteroatoms. The van der Waals surface area contributed by atoms with Gasteiger partial charge in [0.25, 0.3) is 0 Å². The predicted octanol–water partition coefficient (Wildman–Crippen LogP) is 2.77. The minimum atomic E-state index is 0.280. The summed E-state index contributed by atoms with van der Waals surface area (Å²) in [4.78, 5) is 11.8. The second-order valence-corrected chi connectivity index (χ2v) is 3.97. The maximum atomic E-state index is 11.8. The molecule has 1 aromatic rings. The summed E-state index contributed by atoms with van der Waals surface area (Å²) in [6.07, 6.45) is 0. The maximum absolute atomic E-state index is 11.8. The smallest absolute Gasteiger partial charge is 0.166 e. The van der Waals surface area contributed by atoms with Gasteiger partial charge in [-0.1, -0.05) is 44.2 Å². The van der Waals surface area contributed by atoms with Crippen LogP contribution in [0.3, 0.4) is 0 Å². The summed E-state index contributed by atoms with van der Waals surface area (Å²) in [5, 5.41) is 0. The molecule has 1 fully saturated rings. The van der Waals surface area contributed by atoms with Crippen LogP contribution < -0.4 is 0 Å². The predicted molar refractivity (Wildman–Crippen MR) is 52.6 cm³/mol. The standard InChI is InChI=1S/C12H14O/c1-8-9(2)11(8)12(13)10-6-4-3-5-7-10/h3-9,11H,1-2H3. The van der Waals surface area contributed by atoms with Crippen LogP contribution in [0.25, 0.3) is 0 Å². The van der Waals surface area contributed by atoms with Crippen LogP contribution in [0.1, 0.15) is 24.2 Å². The molecular formula is C12H14O. The SMILES string of the molecule is CC1C(C)C1C(=O)c1ccccc1. The highest BCUT2D eigenvalue weighted by Crippen LogP contribution is 2.47. The lowest BCUT2D eigenvalue weighted by molar-refractivity contribution is 0.0958. The Morgan fingerprint density at radius 2 is 1.62 bits per heavy atom. The molecule has 1 aliphatic rings. The zero-order valence-corrected chi connectivity index (χ0v) is 8.03. The fourth-order valence-electron chi connectivity index (χ4n) is 1.94. The van der Waals surface area contributed by atoms with Crippen molar-refractivity contribution in [2.45, 2.75) is 13.8 Å². The number of hydrogen-bond donors (Lipinski definition) is 0. The summed E-state index contributed by atoms with van der Waals surface area (Å²) in [6.45, 7) is 4.30. The van der Waals surface area contributed by atoms with Crippen molar-refractivity contribution in [2.24, 2.45) is 17.8 Å². The molecule has 2 rings (SSSR count). The Hall–Kier alpha value is -1.11. The van der Waals surface area contributed by atoms with Gasteiger partial charge in [0.1, 0.15) is 0 Å². The van der Waals surface area contributed by atoms with Gasteiger partial charge in [-0.25, -0.2) is 0 Å². The van der Waals surface area contributed by atoms with Gasteiger partial charge in [0.2, 0.25) is 0 Å². The molecule has 1 aliphatic carbocycles. The van der Waals surface area contributed by atoms with Gasteiger partial charge in [0, 0.05) is 11.5 Å². The lowest BCUT2D eigenvalue weighted by Crippen LogP contribution is -2.03. The van der Waals surface area contributed by atoms with Crippen LogP contribution in [-0.2, 0) is 0 Å². The molecule has 2 atom stereocenters. The van der Waals surface area contributed by atoms with Crippen molar-refractivity contribution in [3.8, 4) is 0 Å². The Bertz CT molecular complexity index is 307. The third-order valence-electron chi connectivity index (χ3n) is 3.18. The zero-order chi connectivity index (χ0) is 9.42. The van der Waals surface area contributed by atoms with Gasteiger partial charge in [0.05, 0.1) is 0 Å². The van der Waals surface area contributed by atoms with Gasteiger partial charge >= 0.3 is 0 Å². The number of benzene rings is 1. The van der Waals surface area contributed by atoms with Crippen LogP contribution in [0.2, 0.25) is 0 Å². The molecule has 1 saturated carbocycles. The Kier molecular flexibility index (Phi) is 1.95. The number of carbonyl (C=O) groups is 1. The fourth-order valence-corrected chi connectivity index (χ4v) is 1.94. The molecule has 1 nitrogen and oxygen atoms in total. The first-order valence-electron chi connectivity index (χ1n) is 4.81. The van der Waals surface area contributed by atoms with E-state index in [4.69, 9.17) is 0 Å². The van der Waals surface area contributed by atoms with Crippen LogP contribution in [0, 0.1) is 17.8 Å². The molecule has 68 valence electrons. The Balaban J connectivity index is 2.16. The lowest BCUT2D eigenvalue weighted by atomic mass is 10.1. The molecule has 13 heavy (non-hydrogen) atoms. The third kappa shape index (κ3) is 1.39. The highest BCUT2D eigenvalue weighted by Gasteiger charge is 2.47. The summed E-state index contributed by atoms with van der Waals surface area (Å²) in [5.41, 5.74) is 0.865. The monoisotopic (exact) mass is 174 g/mol. The zero-order valence-electron chi connectivity index (χ0n) is 8.03. The molecule has 0 aliphatic heterocycles. The Labute approximate surface area is 78.8 Å². The van der Waals surface area contributed by atoms with Crippen LogP contribution in [-0.4, -0.2) is 5.78 Å². The van der Waals surface area contributed by atoms with Gasteiger partial charge in [-0.15, -0.1) is 0 Å². The van der Waals surface area contributed by atoms with E-state index < -0.39 is 0 Å². The quantitative estimate of drug-likeness (QED) is 0.630. The molecule has 0 radical (unpaired) electrons. The normalized spacial score (nSPS) is 31.4. The van der Waals surface area contributed by atoms with Gasteiger partial charge in [-0.05, 0) is 11.8 Å². The first kappa shape index (κ1) is 8.49. The number of ketones is 1. The first-order chi connectivity index (χ1) is 6.22. The lowest BCUT2D eigenvalue weighted by Gasteiger charge is -1.97. The van der Waals surface area contributed by atoms with Gasteiger partial charge in [-0.3, -0.25) is 4.79 Å². The molecule has 2 unspecified atom stereocenters. The van der Waals surface area contributed by atoms with Crippen LogP contribution in [0.4, 0.5) is 0 Å². The Morgan fingerprint density at radius 3 is 2.08 bits per heavy atom. The van der Waals surface area contributed by atoms with Gasteiger partial charge in [-0.2, -0.15) is 0 Å². The summed E-state index contributed by atoms with van der Waals surface area (Å²) >= 11 is 0. The summed E-state index contributed by atoms with van der Waals surface area (Å²) in [6, 6.07) is 9.59. The molecule has 0 aromatic heterocycles. The van der Waals surface area contributed by atoms with Gasteiger partial charge < -0.3 is 0 Å². The van der Waals surface area contributed by atoms with Crippen molar-refractivity contribution in [3.05, 3.63) is 35.9 Å². The average molecular weight is 174 g/mol. The number of carbonyl (C=O) groups excluding carboxylic acids is 1. The number of Topliss-reactive ketones (excluding diaryl/α,β-unsaturated/α-hetero) is 1. The van der Waals surface area contributed by atoms with Crippen molar-refractivity contribution in [3.63, 3.8) is 0 Å². The van der Waals surface area contributed by atoms with E-state index >= 15 is 0 Å². The highest BCUT2D eigenvalue weighted by atomic mass is 16.1. The van der Waals surface area contributed by atoms with E-state index in [-0.39, 0.29) is 5.92 Å². The van der Waals surface area contributed by atoms with Crippen molar-refractivity contribution in [1.29, 1.82) is 0 Å². The van der Waals surface area contributed by atoms with Crippen molar-refractivity contribution >= 4 is 5.78 Å². The van der Waals surface area contributed by atoms with E-state index in [1.807, 2.05) is 30.3 Å². The molecule has 0 spiro atoms. The number of rotatable bonds is 2. The van der Waals surface area contributed by atoms with Crippen molar-refractivity contribution in [2.75, 3.05) is 0 Å². The second-order valence-electron chi connectivity index (χ2n) is 3.97. The Morgan fingerprint density at radius 1 is 1.08 bits per heavy atom. The summed E-state index contributed by atoms with van der Waals surface area (Å²) in [5.74, 6) is 1.75. The third-order valence-corrected chi connectivity index (χ3v) is 3.18. The van der Waals surface area contributed by atoms with Crippen LogP contribution >= 0.6 is 0 Å². The molecule has 0 amide bonds. The van der Waals surface area contributed by atoms with Crippen LogP contribution in [0.15, 0.2) is 30.3 Å². The highest BCUT2D eigenvalue weighted by molar-refractivity contribution is 5.99. The van der Waals surface area contributed by atoms with E-state index in [9.17, 15) is 4.79 Å². The maximum Gasteiger partial charge on any atom is 0.166 e. The average Bonchev–Trinajstić information content (AvgIpc) is 2.75. The van der Waals surface area contributed by atoms with E-state index in [0.717, 1.165) is 5.56 Å². The molecule has 1 aromatic carbocycles. The molecule has 0 N–H and O–H groups in total. The summed E-state index contributed by atoms with van der Waals surface area (Å²) in [7, 11) is 0. The second kappa shape index (κ2) is 2.99. The number of hydrogen-bond acceptors (Lipinski definition) is 1. The molecule has 0 heterocycles. The van der Waals surface area contributed by atoms with Crippen molar-refractivity contribution in [1.82, 2.24) is 0 Å². The van der Waals surface area contributed by atoms with Crippen molar-refractivity contribution < 1.29 is 4.79 Å². The van der Waals surface area contributed by atoms with Gasteiger partial charge in [0.15, 0.2) is 5.78 Å². The van der Waals surface area contributed by atoms with E-state index in [1.165, 1.54) is 0 Å².